The minimum Gasteiger partial charge on any atom is -0.339 e. The van der Waals surface area contributed by atoms with E-state index < -0.39 is 17.5 Å². The minimum atomic E-state index is -0.869. The average Bonchev–Trinajstić information content (AvgIpc) is 3.31. The lowest BCUT2D eigenvalue weighted by molar-refractivity contribution is -0.140. The maximum absolute atomic E-state index is 12.9. The van der Waals surface area contributed by atoms with Gasteiger partial charge >= 0.3 is 6.03 Å². The zero-order valence-corrected chi connectivity index (χ0v) is 18.6. The summed E-state index contributed by atoms with van der Waals surface area (Å²) in [4.78, 5) is 42.6. The molecule has 1 saturated heterocycles. The number of urea groups is 1. The van der Waals surface area contributed by atoms with Crippen LogP contribution in [-0.2, 0) is 16.1 Å². The molecule has 2 aliphatic rings. The van der Waals surface area contributed by atoms with E-state index in [-0.39, 0.29) is 12.5 Å². The quantitative estimate of drug-likeness (QED) is 0.730. The first-order valence-electron chi connectivity index (χ1n) is 10.3. The summed E-state index contributed by atoms with van der Waals surface area (Å²) in [5, 5.41) is 6.66. The van der Waals surface area contributed by atoms with Gasteiger partial charge in [0.1, 0.15) is 12.1 Å². The van der Waals surface area contributed by atoms with Crippen LogP contribution in [0.4, 0.5) is 4.79 Å². The van der Waals surface area contributed by atoms with Crippen molar-refractivity contribution in [1.29, 1.82) is 0 Å². The van der Waals surface area contributed by atoms with Crippen molar-refractivity contribution in [2.75, 3.05) is 0 Å². The second kappa shape index (κ2) is 7.54. The van der Waals surface area contributed by atoms with Gasteiger partial charge in [0.2, 0.25) is 0 Å². The Kier molecular flexibility index (Phi) is 5.17. The number of carbonyl (C=O) groups excluding carboxylic acids is 3. The van der Waals surface area contributed by atoms with Gasteiger partial charge < -0.3 is 9.88 Å². The van der Waals surface area contributed by atoms with E-state index in [4.69, 9.17) is 0 Å². The first-order valence-corrected chi connectivity index (χ1v) is 11.1. The van der Waals surface area contributed by atoms with Gasteiger partial charge in [0.05, 0.1) is 10.7 Å². The molecule has 0 radical (unpaired) electrons. The van der Waals surface area contributed by atoms with Gasteiger partial charge in [-0.15, -0.1) is 11.3 Å². The molecule has 8 nitrogen and oxygen atoms in total. The monoisotopic (exact) mass is 429 g/mol. The molecule has 30 heavy (non-hydrogen) atoms. The summed E-state index contributed by atoms with van der Waals surface area (Å²) in [7, 11) is 0. The van der Waals surface area contributed by atoms with Crippen molar-refractivity contribution in [1.82, 2.24) is 25.3 Å². The lowest BCUT2D eigenvalue weighted by atomic mass is 9.77. The number of rotatable bonds is 4. The van der Waals surface area contributed by atoms with Gasteiger partial charge in [-0.3, -0.25) is 15.0 Å². The van der Waals surface area contributed by atoms with Crippen LogP contribution in [0.1, 0.15) is 49.0 Å². The fourth-order valence-corrected chi connectivity index (χ4v) is 5.02. The van der Waals surface area contributed by atoms with Crippen molar-refractivity contribution >= 4 is 29.2 Å². The minimum absolute atomic E-state index is 0.0158. The highest BCUT2D eigenvalue weighted by molar-refractivity contribution is 7.09. The zero-order valence-electron chi connectivity index (χ0n) is 17.7. The first kappa shape index (κ1) is 20.6. The Morgan fingerprint density at radius 3 is 2.63 bits per heavy atom. The van der Waals surface area contributed by atoms with Crippen molar-refractivity contribution < 1.29 is 14.4 Å². The molecule has 2 fully saturated rings. The molecule has 1 aliphatic carbocycles. The first-order chi connectivity index (χ1) is 14.2. The van der Waals surface area contributed by atoms with E-state index in [1.807, 2.05) is 36.8 Å². The molecule has 3 heterocycles. The zero-order chi connectivity index (χ0) is 21.6. The summed E-state index contributed by atoms with van der Waals surface area (Å²) in [6.07, 6.45) is 2.98. The molecule has 1 saturated carbocycles. The van der Waals surface area contributed by atoms with Crippen LogP contribution in [0.25, 0.3) is 11.3 Å². The molecule has 4 rings (SSSR count). The normalized spacial score (nSPS) is 23.9. The number of hydrogen-bond donors (Lipinski definition) is 2. The van der Waals surface area contributed by atoms with Crippen LogP contribution in [0.15, 0.2) is 11.4 Å². The maximum Gasteiger partial charge on any atom is 0.344 e. The molecule has 9 heteroatoms. The predicted molar refractivity (Wildman–Crippen MR) is 114 cm³/mol. The highest BCUT2D eigenvalue weighted by Crippen LogP contribution is 2.35. The van der Waals surface area contributed by atoms with Crippen molar-refractivity contribution in [2.45, 2.75) is 65.5 Å². The van der Waals surface area contributed by atoms with E-state index in [0.717, 1.165) is 45.5 Å². The molecular formula is C21H27N5O3S. The molecule has 2 aromatic rings. The van der Waals surface area contributed by atoms with Crippen LogP contribution in [0.5, 0.6) is 0 Å². The van der Waals surface area contributed by atoms with Gasteiger partial charge in [-0.25, -0.2) is 9.78 Å². The van der Waals surface area contributed by atoms with Crippen LogP contribution in [0.3, 0.4) is 0 Å². The van der Waals surface area contributed by atoms with Crippen molar-refractivity contribution in [2.24, 2.45) is 5.92 Å². The Morgan fingerprint density at radius 2 is 2.00 bits per heavy atom. The summed E-state index contributed by atoms with van der Waals surface area (Å²) in [6, 6.07) is 1.45. The average molecular weight is 430 g/mol. The summed E-state index contributed by atoms with van der Waals surface area (Å²) < 4.78 is 1.87. The van der Waals surface area contributed by atoms with Gasteiger partial charge in [0, 0.05) is 22.3 Å². The highest BCUT2D eigenvalue weighted by atomic mass is 32.1. The molecule has 2 N–H and O–H groups in total. The van der Waals surface area contributed by atoms with E-state index in [1.54, 1.807) is 11.3 Å². The summed E-state index contributed by atoms with van der Waals surface area (Å²) in [5.41, 5.74) is 5.35. The van der Waals surface area contributed by atoms with E-state index in [9.17, 15) is 14.4 Å². The fraction of sp³-hybridized carbons (Fsp3) is 0.524. The Hall–Kier alpha value is -2.68. The van der Waals surface area contributed by atoms with E-state index in [2.05, 4.69) is 22.7 Å². The number of aryl methyl sites for hydroxylation is 2. The molecular weight excluding hydrogens is 402 g/mol. The largest absolute Gasteiger partial charge is 0.344 e. The molecule has 160 valence electrons. The molecule has 0 aromatic carbocycles. The van der Waals surface area contributed by atoms with E-state index in [0.29, 0.717) is 18.8 Å². The van der Waals surface area contributed by atoms with E-state index >= 15 is 0 Å². The molecule has 2 aromatic heterocycles. The third-order valence-corrected chi connectivity index (χ3v) is 7.07. The Morgan fingerprint density at radius 1 is 1.30 bits per heavy atom. The van der Waals surface area contributed by atoms with Crippen LogP contribution in [0.2, 0.25) is 0 Å². The smallest absolute Gasteiger partial charge is 0.339 e. The predicted octanol–water partition coefficient (Wildman–Crippen LogP) is 3.07. The maximum atomic E-state index is 12.9. The SMILES string of the molecule is Cc1nc(-c2cc(C)n(CC(=O)NN3C(=O)NC4(CCC(C)CC4)C3=O)c2C)cs1. The number of nitrogens with one attached hydrogen (secondary N) is 2. The highest BCUT2D eigenvalue weighted by Gasteiger charge is 2.52. The van der Waals surface area contributed by atoms with Crippen LogP contribution in [-0.4, -0.2) is 37.9 Å². The second-order valence-corrected chi connectivity index (χ2v) is 9.56. The van der Waals surface area contributed by atoms with Crippen LogP contribution >= 0.6 is 11.3 Å². The summed E-state index contributed by atoms with van der Waals surface area (Å²) in [6.45, 7) is 7.99. The third kappa shape index (κ3) is 3.51. The second-order valence-electron chi connectivity index (χ2n) is 8.49. The molecule has 4 amide bonds. The number of nitrogens with zero attached hydrogens (tertiary/aromatic N) is 3. The number of carbonyl (C=O) groups is 3. The Bertz CT molecular complexity index is 1020. The Labute approximate surface area is 179 Å². The molecule has 1 spiro atoms. The van der Waals surface area contributed by atoms with Gasteiger partial charge in [-0.1, -0.05) is 6.92 Å². The topological polar surface area (TPSA) is 96.3 Å². The van der Waals surface area contributed by atoms with Gasteiger partial charge in [-0.05, 0) is 58.4 Å². The number of amides is 4. The van der Waals surface area contributed by atoms with Crippen molar-refractivity contribution in [3.63, 3.8) is 0 Å². The van der Waals surface area contributed by atoms with Crippen LogP contribution < -0.4 is 10.7 Å². The van der Waals surface area contributed by atoms with Gasteiger partial charge in [-0.2, -0.15) is 5.01 Å². The van der Waals surface area contributed by atoms with Gasteiger partial charge in [0.15, 0.2) is 0 Å². The summed E-state index contributed by atoms with van der Waals surface area (Å²) in [5.74, 6) is -0.228. The number of thiazole rings is 1. The number of hydrogen-bond acceptors (Lipinski definition) is 5. The van der Waals surface area contributed by atoms with Crippen molar-refractivity contribution in [3.05, 3.63) is 27.8 Å². The molecule has 0 atom stereocenters. The molecule has 0 bridgehead atoms. The number of hydrazine groups is 1. The van der Waals surface area contributed by atoms with E-state index in [1.165, 1.54) is 0 Å². The number of aromatic nitrogens is 2. The van der Waals surface area contributed by atoms with Crippen molar-refractivity contribution in [3.8, 4) is 11.3 Å². The third-order valence-electron chi connectivity index (χ3n) is 6.30. The lowest BCUT2D eigenvalue weighted by Gasteiger charge is -2.33. The molecule has 0 unspecified atom stereocenters. The van der Waals surface area contributed by atoms with Gasteiger partial charge in [0.25, 0.3) is 11.8 Å². The lowest BCUT2D eigenvalue weighted by Crippen LogP contribution is -2.52. The fourth-order valence-electron chi connectivity index (χ4n) is 4.41. The standard InChI is InChI=1S/C21H27N5O3S/c1-12-5-7-21(8-6-12)19(28)26(20(29)23-21)24-18(27)10-25-13(2)9-16(14(25)3)17-11-30-15(4)22-17/h9,11-12H,5-8,10H2,1-4H3,(H,23,29)(H,24,27). The van der Waals surface area contributed by atoms with Crippen LogP contribution in [0, 0.1) is 26.7 Å². The summed E-state index contributed by atoms with van der Waals surface area (Å²) >= 11 is 1.58. The number of imide groups is 1. The Balaban J connectivity index is 1.47. The molecule has 1 aliphatic heterocycles.